The standard InChI is InChI=1S/C14H27N3O3/c1-10(2)8-12(15)14(19)16-11-4-6-17(7-5-11)13(18)9-20-3/h10-12H,4-9,15H2,1-3H3,(H,16,19)/t12-/m1/s1. The number of nitrogens with two attached hydrogens (primary N) is 1. The Kier molecular flexibility index (Phi) is 6.95. The van der Waals surface area contributed by atoms with Crippen molar-refractivity contribution in [2.75, 3.05) is 26.8 Å². The monoisotopic (exact) mass is 285 g/mol. The molecule has 0 aromatic heterocycles. The van der Waals surface area contributed by atoms with Gasteiger partial charge in [-0.05, 0) is 25.2 Å². The van der Waals surface area contributed by atoms with Crippen molar-refractivity contribution in [1.29, 1.82) is 0 Å². The summed E-state index contributed by atoms with van der Waals surface area (Å²) in [6.07, 6.45) is 2.24. The Balaban J connectivity index is 2.31. The van der Waals surface area contributed by atoms with E-state index in [1.807, 2.05) is 13.8 Å². The highest BCUT2D eigenvalue weighted by Crippen LogP contribution is 2.11. The van der Waals surface area contributed by atoms with E-state index in [2.05, 4.69) is 5.32 Å². The van der Waals surface area contributed by atoms with Crippen molar-refractivity contribution in [3.05, 3.63) is 0 Å². The molecule has 0 saturated carbocycles. The van der Waals surface area contributed by atoms with Crippen LogP contribution in [0.3, 0.4) is 0 Å². The van der Waals surface area contributed by atoms with Crippen LogP contribution in [0, 0.1) is 5.92 Å². The molecule has 0 aliphatic carbocycles. The van der Waals surface area contributed by atoms with Crippen LogP contribution < -0.4 is 11.1 Å². The van der Waals surface area contributed by atoms with Gasteiger partial charge in [-0.25, -0.2) is 0 Å². The molecule has 1 rings (SSSR count). The van der Waals surface area contributed by atoms with Gasteiger partial charge in [-0.2, -0.15) is 0 Å². The first kappa shape index (κ1) is 16.9. The lowest BCUT2D eigenvalue weighted by Crippen LogP contribution is -2.51. The van der Waals surface area contributed by atoms with E-state index in [9.17, 15) is 9.59 Å². The van der Waals surface area contributed by atoms with Crippen molar-refractivity contribution < 1.29 is 14.3 Å². The summed E-state index contributed by atoms with van der Waals surface area (Å²) in [5, 5.41) is 2.98. The van der Waals surface area contributed by atoms with Crippen LogP contribution >= 0.6 is 0 Å². The van der Waals surface area contributed by atoms with Gasteiger partial charge in [-0.3, -0.25) is 9.59 Å². The molecular formula is C14H27N3O3. The quantitative estimate of drug-likeness (QED) is 0.725. The number of hydrogen-bond acceptors (Lipinski definition) is 4. The first-order valence-corrected chi connectivity index (χ1v) is 7.26. The highest BCUT2D eigenvalue weighted by Gasteiger charge is 2.25. The number of piperidine rings is 1. The van der Waals surface area contributed by atoms with Crippen molar-refractivity contribution in [3.63, 3.8) is 0 Å². The fourth-order valence-electron chi connectivity index (χ4n) is 2.41. The van der Waals surface area contributed by atoms with E-state index in [0.29, 0.717) is 25.4 Å². The molecule has 1 atom stereocenters. The number of methoxy groups -OCH3 is 1. The zero-order valence-corrected chi connectivity index (χ0v) is 12.7. The molecule has 20 heavy (non-hydrogen) atoms. The Morgan fingerprint density at radius 1 is 1.35 bits per heavy atom. The van der Waals surface area contributed by atoms with E-state index in [-0.39, 0.29) is 24.5 Å². The maximum Gasteiger partial charge on any atom is 0.248 e. The summed E-state index contributed by atoms with van der Waals surface area (Å²) < 4.78 is 4.84. The van der Waals surface area contributed by atoms with E-state index in [1.54, 1.807) is 4.90 Å². The fourth-order valence-corrected chi connectivity index (χ4v) is 2.41. The predicted octanol–water partition coefficient (Wildman–Crippen LogP) is 0.113. The van der Waals surface area contributed by atoms with Crippen LogP contribution in [0.1, 0.15) is 33.1 Å². The minimum atomic E-state index is -0.442. The Morgan fingerprint density at radius 3 is 2.45 bits per heavy atom. The average molecular weight is 285 g/mol. The van der Waals surface area contributed by atoms with Crippen molar-refractivity contribution in [2.24, 2.45) is 11.7 Å². The number of nitrogens with zero attached hydrogens (tertiary/aromatic N) is 1. The third-order valence-corrected chi connectivity index (χ3v) is 3.52. The lowest BCUT2D eigenvalue weighted by Gasteiger charge is -2.32. The van der Waals surface area contributed by atoms with Crippen molar-refractivity contribution in [1.82, 2.24) is 10.2 Å². The van der Waals surface area contributed by atoms with Gasteiger partial charge in [0.2, 0.25) is 11.8 Å². The van der Waals surface area contributed by atoms with Crippen LogP contribution in [0.4, 0.5) is 0 Å². The van der Waals surface area contributed by atoms with Gasteiger partial charge < -0.3 is 20.7 Å². The van der Waals surface area contributed by atoms with E-state index < -0.39 is 6.04 Å². The lowest BCUT2D eigenvalue weighted by atomic mass is 10.0. The number of carbonyl (C=O) groups is 2. The molecule has 1 fully saturated rings. The molecule has 0 aromatic carbocycles. The maximum atomic E-state index is 11.9. The highest BCUT2D eigenvalue weighted by molar-refractivity contribution is 5.82. The molecule has 2 amide bonds. The molecule has 0 spiro atoms. The van der Waals surface area contributed by atoms with Gasteiger partial charge in [0, 0.05) is 26.2 Å². The van der Waals surface area contributed by atoms with Crippen LogP contribution in [0.2, 0.25) is 0 Å². The summed E-state index contributed by atoms with van der Waals surface area (Å²) in [4.78, 5) is 25.4. The van der Waals surface area contributed by atoms with Crippen LogP contribution in [0.15, 0.2) is 0 Å². The number of ether oxygens (including phenoxy) is 1. The molecule has 0 aromatic rings. The summed E-state index contributed by atoms with van der Waals surface area (Å²) in [5.74, 6) is 0.332. The summed E-state index contributed by atoms with van der Waals surface area (Å²) >= 11 is 0. The second-order valence-electron chi connectivity index (χ2n) is 5.83. The molecule has 1 aliphatic rings. The molecule has 6 heteroatoms. The van der Waals surface area contributed by atoms with Crippen molar-refractivity contribution in [2.45, 2.75) is 45.2 Å². The SMILES string of the molecule is COCC(=O)N1CCC(NC(=O)[C@H](N)CC(C)C)CC1. The molecule has 1 heterocycles. The van der Waals surface area contributed by atoms with Gasteiger partial charge in [0.25, 0.3) is 0 Å². The number of amides is 2. The fraction of sp³-hybridized carbons (Fsp3) is 0.857. The number of rotatable bonds is 6. The normalized spacial score (nSPS) is 18.1. The zero-order valence-electron chi connectivity index (χ0n) is 12.7. The van der Waals surface area contributed by atoms with Crippen molar-refractivity contribution >= 4 is 11.8 Å². The van der Waals surface area contributed by atoms with Crippen LogP contribution in [-0.4, -0.2) is 55.6 Å². The van der Waals surface area contributed by atoms with Gasteiger partial charge in [0.05, 0.1) is 6.04 Å². The zero-order chi connectivity index (χ0) is 15.1. The number of nitrogens with one attached hydrogen (secondary N) is 1. The average Bonchev–Trinajstić information content (AvgIpc) is 2.39. The molecule has 0 unspecified atom stereocenters. The van der Waals surface area contributed by atoms with E-state index >= 15 is 0 Å². The van der Waals surface area contributed by atoms with Crippen LogP contribution in [0.25, 0.3) is 0 Å². The van der Waals surface area contributed by atoms with E-state index in [1.165, 1.54) is 7.11 Å². The van der Waals surface area contributed by atoms with Gasteiger partial charge in [-0.1, -0.05) is 13.8 Å². The summed E-state index contributed by atoms with van der Waals surface area (Å²) in [7, 11) is 1.51. The largest absolute Gasteiger partial charge is 0.375 e. The Hall–Kier alpha value is -1.14. The Labute approximate surface area is 121 Å². The maximum absolute atomic E-state index is 11.9. The summed E-state index contributed by atoms with van der Waals surface area (Å²) in [6, 6.07) is -0.324. The first-order chi connectivity index (χ1) is 9.43. The smallest absolute Gasteiger partial charge is 0.248 e. The predicted molar refractivity (Wildman–Crippen MR) is 77.1 cm³/mol. The summed E-state index contributed by atoms with van der Waals surface area (Å²) in [5.41, 5.74) is 5.86. The van der Waals surface area contributed by atoms with E-state index in [4.69, 9.17) is 10.5 Å². The highest BCUT2D eigenvalue weighted by atomic mass is 16.5. The molecule has 0 bridgehead atoms. The van der Waals surface area contributed by atoms with E-state index in [0.717, 1.165) is 12.8 Å². The number of likely N-dealkylation sites (tertiary alicyclic amines) is 1. The molecule has 0 radical (unpaired) electrons. The number of carbonyl (C=O) groups excluding carboxylic acids is 2. The van der Waals surface area contributed by atoms with Gasteiger partial charge in [0.15, 0.2) is 0 Å². The molecule has 1 aliphatic heterocycles. The minimum Gasteiger partial charge on any atom is -0.375 e. The second-order valence-corrected chi connectivity index (χ2v) is 5.83. The lowest BCUT2D eigenvalue weighted by molar-refractivity contribution is -0.136. The third kappa shape index (κ3) is 5.46. The van der Waals surface area contributed by atoms with Gasteiger partial charge >= 0.3 is 0 Å². The van der Waals surface area contributed by atoms with Gasteiger partial charge in [0.1, 0.15) is 6.61 Å². The van der Waals surface area contributed by atoms with Crippen LogP contribution in [0.5, 0.6) is 0 Å². The molecule has 1 saturated heterocycles. The Morgan fingerprint density at radius 2 is 1.95 bits per heavy atom. The molecule has 116 valence electrons. The minimum absolute atomic E-state index is 0.00813. The van der Waals surface area contributed by atoms with Gasteiger partial charge in [-0.15, -0.1) is 0 Å². The van der Waals surface area contributed by atoms with Crippen molar-refractivity contribution in [3.8, 4) is 0 Å². The molecular weight excluding hydrogens is 258 g/mol. The van der Waals surface area contributed by atoms with Crippen LogP contribution in [-0.2, 0) is 14.3 Å². The third-order valence-electron chi connectivity index (χ3n) is 3.52. The summed E-state index contributed by atoms with van der Waals surface area (Å²) in [6.45, 7) is 5.54. The molecule has 6 nitrogen and oxygen atoms in total. The topological polar surface area (TPSA) is 84.7 Å². The first-order valence-electron chi connectivity index (χ1n) is 7.26. The second kappa shape index (κ2) is 8.21. The Bertz CT molecular complexity index is 326. The molecule has 3 N–H and O–H groups in total. The number of hydrogen-bond donors (Lipinski definition) is 2.